The van der Waals surface area contributed by atoms with Gasteiger partial charge in [-0.05, 0) is 38.7 Å². The second kappa shape index (κ2) is 5.22. The fourth-order valence-electron chi connectivity index (χ4n) is 2.44. The largest absolute Gasteiger partial charge is 0.336 e. The van der Waals surface area contributed by atoms with Crippen molar-refractivity contribution in [2.24, 2.45) is 5.14 Å². The first-order valence-electron chi connectivity index (χ1n) is 6.24. The third kappa shape index (κ3) is 2.82. The van der Waals surface area contributed by atoms with Gasteiger partial charge in [0.1, 0.15) is 4.21 Å². The zero-order valence-corrected chi connectivity index (χ0v) is 12.7. The normalized spacial score (nSPS) is 20.6. The van der Waals surface area contributed by atoms with Crippen molar-refractivity contribution in [1.29, 1.82) is 0 Å². The Kier molecular flexibility index (Phi) is 3.98. The minimum Gasteiger partial charge on any atom is -0.336 e. The Morgan fingerprint density at radius 1 is 1.47 bits per heavy atom. The van der Waals surface area contributed by atoms with Crippen LogP contribution in [0.25, 0.3) is 0 Å². The Labute approximate surface area is 117 Å². The molecule has 1 unspecified atom stereocenters. The Bertz CT molecular complexity index is 592. The summed E-state index contributed by atoms with van der Waals surface area (Å²) in [5.74, 6) is -0.0872. The lowest BCUT2D eigenvalue weighted by atomic mass is 10.0. The second-order valence-corrected chi connectivity index (χ2v) is 7.59. The number of likely N-dealkylation sites (tertiary alicyclic amines) is 1. The number of carbonyl (C=O) groups is 1. The fraction of sp³-hybridized carbons (Fsp3) is 0.583. The molecule has 0 bridgehead atoms. The molecule has 19 heavy (non-hydrogen) atoms. The summed E-state index contributed by atoms with van der Waals surface area (Å²) in [6.45, 7) is 4.40. The van der Waals surface area contributed by atoms with Crippen LogP contribution in [0.2, 0.25) is 0 Å². The van der Waals surface area contributed by atoms with Crippen molar-refractivity contribution in [1.82, 2.24) is 4.90 Å². The van der Waals surface area contributed by atoms with Crippen LogP contribution in [0.5, 0.6) is 0 Å². The van der Waals surface area contributed by atoms with Gasteiger partial charge in [0.25, 0.3) is 5.91 Å². The number of carbonyl (C=O) groups excluding carboxylic acids is 1. The number of nitrogens with zero attached hydrogens (tertiary/aromatic N) is 1. The molecule has 1 aromatic rings. The molecule has 0 aromatic carbocycles. The van der Waals surface area contributed by atoms with Crippen molar-refractivity contribution >= 4 is 27.3 Å². The van der Waals surface area contributed by atoms with Crippen LogP contribution in [0.3, 0.4) is 0 Å². The van der Waals surface area contributed by atoms with Crippen molar-refractivity contribution in [3.05, 3.63) is 16.5 Å². The molecular weight excluding hydrogens is 284 g/mol. The number of primary sulfonamides is 1. The number of sulfonamides is 1. The van der Waals surface area contributed by atoms with Gasteiger partial charge in [-0.15, -0.1) is 11.3 Å². The van der Waals surface area contributed by atoms with Gasteiger partial charge in [-0.1, -0.05) is 0 Å². The molecule has 0 spiro atoms. The zero-order valence-electron chi connectivity index (χ0n) is 11.0. The highest BCUT2D eigenvalue weighted by atomic mass is 32.2. The standard InChI is InChI=1S/C12H18N2O3S2/c1-8-5-3-4-6-14(8)11(15)10-7-18-12(9(10)2)19(13,16)17/h7-8H,3-6H2,1-2H3,(H2,13,16,17). The van der Waals surface area contributed by atoms with E-state index < -0.39 is 10.0 Å². The lowest BCUT2D eigenvalue weighted by Crippen LogP contribution is -2.42. The van der Waals surface area contributed by atoms with Crippen LogP contribution in [0.4, 0.5) is 0 Å². The Balaban J connectivity index is 2.32. The van der Waals surface area contributed by atoms with Crippen LogP contribution in [-0.4, -0.2) is 31.8 Å². The molecule has 0 saturated carbocycles. The maximum Gasteiger partial charge on any atom is 0.255 e. The molecule has 5 nitrogen and oxygen atoms in total. The SMILES string of the molecule is Cc1c(C(=O)N2CCCCC2C)csc1S(N)(=O)=O. The van der Waals surface area contributed by atoms with Gasteiger partial charge < -0.3 is 4.90 Å². The maximum atomic E-state index is 12.5. The van der Waals surface area contributed by atoms with E-state index in [1.165, 1.54) is 0 Å². The van der Waals surface area contributed by atoms with Crippen molar-refractivity contribution in [2.75, 3.05) is 6.54 Å². The molecule has 2 rings (SSSR count). The summed E-state index contributed by atoms with van der Waals surface area (Å²) in [4.78, 5) is 14.3. The number of thiophene rings is 1. The lowest BCUT2D eigenvalue weighted by molar-refractivity contribution is 0.0635. The van der Waals surface area contributed by atoms with E-state index in [1.807, 2.05) is 11.8 Å². The number of rotatable bonds is 2. The minimum absolute atomic E-state index is 0.0838. The highest BCUT2D eigenvalue weighted by Gasteiger charge is 2.28. The highest BCUT2D eigenvalue weighted by molar-refractivity contribution is 7.91. The molecule has 7 heteroatoms. The molecule has 1 aliphatic heterocycles. The topological polar surface area (TPSA) is 80.5 Å². The number of nitrogens with two attached hydrogens (primary N) is 1. The summed E-state index contributed by atoms with van der Waals surface area (Å²) >= 11 is 1.02. The molecule has 1 amide bonds. The van der Waals surface area contributed by atoms with Crippen LogP contribution in [0.15, 0.2) is 9.59 Å². The van der Waals surface area contributed by atoms with E-state index in [2.05, 4.69) is 0 Å². The van der Waals surface area contributed by atoms with E-state index >= 15 is 0 Å². The quantitative estimate of drug-likeness (QED) is 0.903. The molecule has 0 aliphatic carbocycles. The molecule has 106 valence electrons. The molecule has 2 heterocycles. The van der Waals surface area contributed by atoms with Crippen LogP contribution in [0.1, 0.15) is 42.1 Å². The monoisotopic (exact) mass is 302 g/mol. The number of piperidine rings is 1. The Morgan fingerprint density at radius 2 is 2.16 bits per heavy atom. The smallest absolute Gasteiger partial charge is 0.255 e. The maximum absolute atomic E-state index is 12.5. The van der Waals surface area contributed by atoms with Gasteiger partial charge in [0.15, 0.2) is 0 Å². The van der Waals surface area contributed by atoms with E-state index in [1.54, 1.807) is 12.3 Å². The van der Waals surface area contributed by atoms with E-state index in [9.17, 15) is 13.2 Å². The van der Waals surface area contributed by atoms with Gasteiger partial charge in [0.2, 0.25) is 10.0 Å². The summed E-state index contributed by atoms with van der Waals surface area (Å²) < 4.78 is 22.9. The third-order valence-corrected chi connectivity index (χ3v) is 6.23. The Hall–Kier alpha value is -0.920. The molecule has 1 saturated heterocycles. The highest BCUT2D eigenvalue weighted by Crippen LogP contribution is 2.28. The van der Waals surface area contributed by atoms with Gasteiger partial charge in [-0.25, -0.2) is 13.6 Å². The summed E-state index contributed by atoms with van der Waals surface area (Å²) in [6, 6.07) is 0.207. The van der Waals surface area contributed by atoms with Crippen molar-refractivity contribution in [2.45, 2.75) is 43.4 Å². The molecular formula is C12H18N2O3S2. The van der Waals surface area contributed by atoms with Crippen LogP contribution >= 0.6 is 11.3 Å². The summed E-state index contributed by atoms with van der Waals surface area (Å²) in [5, 5.41) is 6.73. The lowest BCUT2D eigenvalue weighted by Gasteiger charge is -2.33. The van der Waals surface area contributed by atoms with Gasteiger partial charge in [0.05, 0.1) is 5.56 Å². The minimum atomic E-state index is -3.74. The summed E-state index contributed by atoms with van der Waals surface area (Å²) in [7, 11) is -3.74. The van der Waals surface area contributed by atoms with Crippen molar-refractivity contribution in [3.63, 3.8) is 0 Å². The van der Waals surface area contributed by atoms with Gasteiger partial charge in [0, 0.05) is 18.0 Å². The number of hydrogen-bond donors (Lipinski definition) is 1. The van der Waals surface area contributed by atoms with Crippen LogP contribution < -0.4 is 5.14 Å². The average molecular weight is 302 g/mol. The van der Waals surface area contributed by atoms with Crippen molar-refractivity contribution < 1.29 is 13.2 Å². The van der Waals surface area contributed by atoms with Crippen LogP contribution in [0, 0.1) is 6.92 Å². The fourth-order valence-corrected chi connectivity index (χ4v) is 4.45. The molecule has 2 N–H and O–H groups in total. The molecule has 0 radical (unpaired) electrons. The van der Waals surface area contributed by atoms with Crippen molar-refractivity contribution in [3.8, 4) is 0 Å². The first-order valence-corrected chi connectivity index (χ1v) is 8.67. The van der Waals surface area contributed by atoms with Gasteiger partial charge in [-0.3, -0.25) is 4.79 Å². The average Bonchev–Trinajstić information content (AvgIpc) is 2.70. The number of hydrogen-bond acceptors (Lipinski definition) is 4. The van der Waals surface area contributed by atoms with E-state index in [-0.39, 0.29) is 16.2 Å². The van der Waals surface area contributed by atoms with E-state index in [4.69, 9.17) is 5.14 Å². The third-order valence-electron chi connectivity index (χ3n) is 3.55. The van der Waals surface area contributed by atoms with Gasteiger partial charge in [-0.2, -0.15) is 0 Å². The van der Waals surface area contributed by atoms with Gasteiger partial charge >= 0.3 is 0 Å². The second-order valence-electron chi connectivity index (χ2n) is 4.95. The predicted molar refractivity (Wildman–Crippen MR) is 74.8 cm³/mol. The summed E-state index contributed by atoms with van der Waals surface area (Å²) in [5.41, 5.74) is 0.929. The first-order chi connectivity index (χ1) is 8.82. The first kappa shape index (κ1) is 14.5. The molecule has 1 aromatic heterocycles. The number of amides is 1. The molecule has 1 atom stereocenters. The van der Waals surface area contributed by atoms with Crippen LogP contribution in [-0.2, 0) is 10.0 Å². The van der Waals surface area contributed by atoms with E-state index in [0.717, 1.165) is 37.1 Å². The summed E-state index contributed by atoms with van der Waals surface area (Å²) in [6.07, 6.45) is 3.13. The predicted octanol–water partition coefficient (Wildman–Crippen LogP) is 1.72. The Morgan fingerprint density at radius 3 is 2.68 bits per heavy atom. The molecule has 1 fully saturated rings. The van der Waals surface area contributed by atoms with E-state index in [0.29, 0.717) is 11.1 Å². The molecule has 1 aliphatic rings. The zero-order chi connectivity index (χ0) is 14.2.